The fraction of sp³-hybridized carbons (Fsp3) is 0.385. The Labute approximate surface area is 229 Å². The van der Waals surface area contributed by atoms with Gasteiger partial charge in [0.2, 0.25) is 17.7 Å². The van der Waals surface area contributed by atoms with E-state index in [0.717, 1.165) is 10.9 Å². The summed E-state index contributed by atoms with van der Waals surface area (Å²) in [4.78, 5) is 71.9. The van der Waals surface area contributed by atoms with Crippen molar-refractivity contribution in [3.63, 3.8) is 0 Å². The van der Waals surface area contributed by atoms with Crippen LogP contribution < -0.4 is 21.7 Å². The van der Waals surface area contributed by atoms with E-state index < -0.39 is 66.2 Å². The molecule has 9 N–H and O–H groups in total. The topological polar surface area (TPSA) is 232 Å². The third-order valence-electron chi connectivity index (χ3n) is 6.30. The van der Waals surface area contributed by atoms with Crippen LogP contribution in [0.25, 0.3) is 10.9 Å². The summed E-state index contributed by atoms with van der Waals surface area (Å²) in [5, 5.41) is 26.7. The van der Waals surface area contributed by atoms with Crippen molar-refractivity contribution in [2.24, 2.45) is 11.7 Å². The van der Waals surface area contributed by atoms with E-state index in [4.69, 9.17) is 10.8 Å². The number of nitrogens with zero attached hydrogens (tertiary/aromatic N) is 1. The molecule has 3 amide bonds. The number of hydrogen-bond acceptors (Lipinski definition) is 7. The zero-order valence-electron chi connectivity index (χ0n) is 22.0. The van der Waals surface area contributed by atoms with Gasteiger partial charge in [-0.25, -0.2) is 9.78 Å². The Hall–Kier alpha value is -4.72. The number of nitrogens with two attached hydrogens (primary N) is 1. The Balaban J connectivity index is 1.81. The van der Waals surface area contributed by atoms with Crippen molar-refractivity contribution in [1.82, 2.24) is 30.9 Å². The first-order valence-corrected chi connectivity index (χ1v) is 12.6. The fourth-order valence-corrected chi connectivity index (χ4v) is 4.16. The Bertz CT molecular complexity index is 1350. The molecule has 0 fully saturated rings. The average Bonchev–Trinajstić information content (AvgIpc) is 3.55. The number of H-pyrrole nitrogens is 2. The van der Waals surface area contributed by atoms with Gasteiger partial charge >= 0.3 is 11.9 Å². The lowest BCUT2D eigenvalue weighted by Crippen LogP contribution is -2.59. The van der Waals surface area contributed by atoms with E-state index >= 15 is 0 Å². The normalized spacial score (nSPS) is 14.2. The lowest BCUT2D eigenvalue weighted by molar-refractivity contribution is -0.147. The van der Waals surface area contributed by atoms with Crippen LogP contribution in [0.1, 0.15) is 31.5 Å². The van der Waals surface area contributed by atoms with Gasteiger partial charge in [-0.15, -0.1) is 0 Å². The number of aliphatic carboxylic acids is 2. The second-order valence-electron chi connectivity index (χ2n) is 9.74. The maximum atomic E-state index is 13.4. The van der Waals surface area contributed by atoms with Crippen LogP contribution in [-0.2, 0) is 36.8 Å². The molecule has 0 saturated heterocycles. The van der Waals surface area contributed by atoms with Crippen molar-refractivity contribution in [2.75, 3.05) is 0 Å². The van der Waals surface area contributed by atoms with Crippen molar-refractivity contribution in [3.8, 4) is 0 Å². The third-order valence-corrected chi connectivity index (χ3v) is 6.30. The molecular formula is C26H33N7O7. The molecule has 0 radical (unpaired) electrons. The number of rotatable bonds is 14. The number of aromatic amines is 2. The molecule has 4 unspecified atom stereocenters. The number of nitrogens with one attached hydrogen (secondary N) is 5. The molecular weight excluding hydrogens is 522 g/mol. The molecule has 0 bridgehead atoms. The van der Waals surface area contributed by atoms with Gasteiger partial charge < -0.3 is 41.9 Å². The molecule has 2 aromatic heterocycles. The van der Waals surface area contributed by atoms with E-state index in [1.54, 1.807) is 26.1 Å². The van der Waals surface area contributed by atoms with E-state index in [1.807, 2.05) is 18.2 Å². The molecule has 14 heteroatoms. The zero-order valence-corrected chi connectivity index (χ0v) is 22.0. The molecule has 3 rings (SSSR count). The summed E-state index contributed by atoms with van der Waals surface area (Å²) in [5.74, 6) is -5.53. The highest BCUT2D eigenvalue weighted by atomic mass is 16.4. The summed E-state index contributed by atoms with van der Waals surface area (Å²) in [6.45, 7) is 3.40. The molecule has 2 heterocycles. The van der Waals surface area contributed by atoms with Crippen molar-refractivity contribution in [1.29, 1.82) is 0 Å². The van der Waals surface area contributed by atoms with Crippen LogP contribution in [0.5, 0.6) is 0 Å². The predicted octanol–water partition coefficient (Wildman–Crippen LogP) is -0.327. The number of carbonyl (C=O) groups excluding carboxylic acids is 3. The van der Waals surface area contributed by atoms with E-state index in [1.165, 1.54) is 12.5 Å². The SMILES string of the molecule is CC(C)C(NC(=O)C(N)Cc1cnc[nH]1)C(=O)NC(Cc1c[nH]c2ccccc12)C(=O)NC(CC(=O)O)C(=O)O. The number of aromatic nitrogens is 3. The zero-order chi connectivity index (χ0) is 29.4. The maximum absolute atomic E-state index is 13.4. The van der Waals surface area contributed by atoms with Crippen LogP contribution in [0.15, 0.2) is 43.0 Å². The molecule has 0 spiro atoms. The van der Waals surface area contributed by atoms with Gasteiger partial charge in [-0.2, -0.15) is 0 Å². The molecule has 0 aliphatic heterocycles. The smallest absolute Gasteiger partial charge is 0.326 e. The molecule has 14 nitrogen and oxygen atoms in total. The van der Waals surface area contributed by atoms with Crippen LogP contribution in [0.4, 0.5) is 0 Å². The van der Waals surface area contributed by atoms with Crippen LogP contribution in [0.3, 0.4) is 0 Å². The third kappa shape index (κ3) is 7.89. The van der Waals surface area contributed by atoms with Crippen molar-refractivity contribution in [3.05, 3.63) is 54.2 Å². The molecule has 214 valence electrons. The van der Waals surface area contributed by atoms with E-state index in [2.05, 4.69) is 30.9 Å². The van der Waals surface area contributed by atoms with Crippen molar-refractivity contribution >= 4 is 40.6 Å². The quantitative estimate of drug-likeness (QED) is 0.130. The highest BCUT2D eigenvalue weighted by Gasteiger charge is 2.33. The summed E-state index contributed by atoms with van der Waals surface area (Å²) in [6, 6.07) is 2.22. The van der Waals surface area contributed by atoms with Crippen LogP contribution in [-0.4, -0.2) is 79.0 Å². The molecule has 0 saturated carbocycles. The minimum absolute atomic E-state index is 0.0426. The number of carbonyl (C=O) groups is 5. The molecule has 0 aliphatic carbocycles. The minimum atomic E-state index is -1.71. The monoisotopic (exact) mass is 555 g/mol. The minimum Gasteiger partial charge on any atom is -0.481 e. The summed E-state index contributed by atoms with van der Waals surface area (Å²) in [7, 11) is 0. The number of carboxylic acid groups (broad SMARTS) is 2. The standard InChI is InChI=1S/C26H33N7O7/c1-13(2)22(33-23(36)17(27)8-15-11-28-12-30-15)25(38)31-19(24(37)32-20(26(39)40)9-21(34)35)7-14-10-29-18-6-4-3-5-16(14)18/h3-6,10-13,17,19-20,22,29H,7-9,27H2,1-2H3,(H,28,30)(H,31,38)(H,32,37)(H,33,36)(H,34,35)(H,39,40). The Morgan fingerprint density at radius 3 is 2.25 bits per heavy atom. The fourth-order valence-electron chi connectivity index (χ4n) is 4.16. The summed E-state index contributed by atoms with van der Waals surface area (Å²) in [6.07, 6.45) is 3.91. The Morgan fingerprint density at radius 2 is 1.62 bits per heavy atom. The molecule has 4 atom stereocenters. The summed E-state index contributed by atoms with van der Waals surface area (Å²) < 4.78 is 0. The number of benzene rings is 1. The van der Waals surface area contributed by atoms with Gasteiger partial charge in [0, 0.05) is 41.8 Å². The summed E-state index contributed by atoms with van der Waals surface area (Å²) >= 11 is 0. The van der Waals surface area contributed by atoms with Gasteiger partial charge in [-0.1, -0.05) is 32.0 Å². The highest BCUT2D eigenvalue weighted by Crippen LogP contribution is 2.19. The number of imidazole rings is 1. The van der Waals surface area contributed by atoms with Gasteiger partial charge in [0.05, 0.1) is 18.8 Å². The number of carboxylic acids is 2. The van der Waals surface area contributed by atoms with Gasteiger partial charge in [0.15, 0.2) is 0 Å². The highest BCUT2D eigenvalue weighted by molar-refractivity contribution is 5.95. The van der Waals surface area contributed by atoms with Crippen LogP contribution >= 0.6 is 0 Å². The van der Waals surface area contributed by atoms with E-state index in [-0.39, 0.29) is 12.8 Å². The van der Waals surface area contributed by atoms with Crippen molar-refractivity contribution in [2.45, 2.75) is 57.3 Å². The van der Waals surface area contributed by atoms with E-state index in [0.29, 0.717) is 11.3 Å². The molecule has 3 aromatic rings. The largest absolute Gasteiger partial charge is 0.481 e. The van der Waals surface area contributed by atoms with Crippen molar-refractivity contribution < 1.29 is 34.2 Å². The number of fused-ring (bicyclic) bond motifs is 1. The molecule has 40 heavy (non-hydrogen) atoms. The average molecular weight is 556 g/mol. The lowest BCUT2D eigenvalue weighted by atomic mass is 9.99. The van der Waals surface area contributed by atoms with E-state index in [9.17, 15) is 29.1 Å². The second kappa shape index (κ2) is 13.4. The number of para-hydroxylation sites is 1. The van der Waals surface area contributed by atoms with Gasteiger partial charge in [-0.05, 0) is 17.5 Å². The van der Waals surface area contributed by atoms with Gasteiger partial charge in [-0.3, -0.25) is 19.2 Å². The summed E-state index contributed by atoms with van der Waals surface area (Å²) in [5.41, 5.74) is 8.09. The first-order valence-electron chi connectivity index (χ1n) is 12.6. The number of hydrogen-bond donors (Lipinski definition) is 8. The predicted molar refractivity (Wildman–Crippen MR) is 143 cm³/mol. The Morgan fingerprint density at radius 1 is 0.925 bits per heavy atom. The van der Waals surface area contributed by atoms with Crippen LogP contribution in [0.2, 0.25) is 0 Å². The first-order chi connectivity index (χ1) is 19.0. The molecule has 1 aromatic carbocycles. The Kier molecular flexibility index (Phi) is 9.97. The van der Waals surface area contributed by atoms with Crippen LogP contribution in [0, 0.1) is 5.92 Å². The molecule has 0 aliphatic rings. The maximum Gasteiger partial charge on any atom is 0.326 e. The number of amides is 3. The lowest BCUT2D eigenvalue weighted by Gasteiger charge is -2.27. The second-order valence-corrected chi connectivity index (χ2v) is 9.74. The first kappa shape index (κ1) is 29.8. The van der Waals surface area contributed by atoms with Gasteiger partial charge in [0.1, 0.15) is 18.1 Å². The van der Waals surface area contributed by atoms with Gasteiger partial charge in [0.25, 0.3) is 0 Å².